The molecule has 0 aliphatic carbocycles. The summed E-state index contributed by atoms with van der Waals surface area (Å²) in [6.45, 7) is 8.54. The van der Waals surface area contributed by atoms with Crippen LogP contribution >= 0.6 is 0 Å². The first-order valence-corrected chi connectivity index (χ1v) is 9.05. The van der Waals surface area contributed by atoms with E-state index in [2.05, 4.69) is 50.4 Å². The smallest absolute Gasteiger partial charge is 0.244 e. The summed E-state index contributed by atoms with van der Waals surface area (Å²) in [5.74, 6) is 1.15. The number of methoxy groups -OCH3 is 2. The van der Waals surface area contributed by atoms with Gasteiger partial charge in [-0.05, 0) is 47.2 Å². The molecule has 0 saturated carbocycles. The Morgan fingerprint density at radius 3 is 2.19 bits per heavy atom. The lowest BCUT2D eigenvalue weighted by molar-refractivity contribution is -0.117. The Labute approximate surface area is 162 Å². The van der Waals surface area contributed by atoms with Gasteiger partial charge in [-0.3, -0.25) is 4.79 Å². The van der Waals surface area contributed by atoms with Gasteiger partial charge in [-0.1, -0.05) is 51.1 Å². The van der Waals surface area contributed by atoms with Crippen LogP contribution in [0.3, 0.4) is 0 Å². The second-order valence-corrected chi connectivity index (χ2v) is 7.55. The van der Waals surface area contributed by atoms with Crippen LogP contribution in [0.1, 0.15) is 50.4 Å². The minimum absolute atomic E-state index is 0.0680. The van der Waals surface area contributed by atoms with Crippen molar-refractivity contribution in [2.45, 2.75) is 39.2 Å². The van der Waals surface area contributed by atoms with Crippen molar-refractivity contribution in [3.05, 3.63) is 65.2 Å². The third kappa shape index (κ3) is 5.61. The van der Waals surface area contributed by atoms with E-state index >= 15 is 0 Å². The quantitative estimate of drug-likeness (QED) is 0.739. The van der Waals surface area contributed by atoms with Crippen LogP contribution in [0.15, 0.2) is 48.5 Å². The van der Waals surface area contributed by atoms with Gasteiger partial charge in [0.25, 0.3) is 0 Å². The van der Waals surface area contributed by atoms with Crippen LogP contribution in [-0.2, 0) is 10.2 Å². The molecule has 4 nitrogen and oxygen atoms in total. The van der Waals surface area contributed by atoms with Gasteiger partial charge < -0.3 is 14.8 Å². The SMILES string of the molecule is COc1ccc(/C=C/C(=O)NC(C)c2ccc(C(C)(C)C)cc2)cc1OC. The fourth-order valence-electron chi connectivity index (χ4n) is 2.75. The number of rotatable bonds is 6. The number of hydrogen-bond acceptors (Lipinski definition) is 3. The Morgan fingerprint density at radius 2 is 1.63 bits per heavy atom. The molecule has 0 aromatic heterocycles. The molecular weight excluding hydrogens is 338 g/mol. The van der Waals surface area contributed by atoms with Crippen molar-refractivity contribution in [3.8, 4) is 11.5 Å². The molecule has 2 rings (SSSR count). The van der Waals surface area contributed by atoms with Crippen LogP contribution in [0, 0.1) is 0 Å². The molecule has 1 atom stereocenters. The lowest BCUT2D eigenvalue weighted by atomic mass is 9.86. The van der Waals surface area contributed by atoms with Crippen LogP contribution in [-0.4, -0.2) is 20.1 Å². The van der Waals surface area contributed by atoms with Crippen LogP contribution < -0.4 is 14.8 Å². The van der Waals surface area contributed by atoms with Crippen molar-refractivity contribution in [3.63, 3.8) is 0 Å². The van der Waals surface area contributed by atoms with E-state index in [-0.39, 0.29) is 17.4 Å². The molecule has 0 aliphatic rings. The first-order valence-electron chi connectivity index (χ1n) is 9.05. The topological polar surface area (TPSA) is 47.6 Å². The Hall–Kier alpha value is -2.75. The number of carbonyl (C=O) groups is 1. The van der Waals surface area contributed by atoms with E-state index in [9.17, 15) is 4.79 Å². The summed E-state index contributed by atoms with van der Waals surface area (Å²) >= 11 is 0. The van der Waals surface area contributed by atoms with Crippen molar-refractivity contribution >= 4 is 12.0 Å². The predicted octanol–water partition coefficient (Wildman–Crippen LogP) is 4.89. The van der Waals surface area contributed by atoms with E-state index in [0.29, 0.717) is 11.5 Å². The van der Waals surface area contributed by atoms with E-state index in [4.69, 9.17) is 9.47 Å². The zero-order valence-corrected chi connectivity index (χ0v) is 17.0. The van der Waals surface area contributed by atoms with Crippen molar-refractivity contribution in [2.24, 2.45) is 0 Å². The Balaban J connectivity index is 2.01. The summed E-state index contributed by atoms with van der Waals surface area (Å²) in [5, 5.41) is 2.99. The Morgan fingerprint density at radius 1 is 1.00 bits per heavy atom. The van der Waals surface area contributed by atoms with Crippen LogP contribution in [0.25, 0.3) is 6.08 Å². The highest BCUT2D eigenvalue weighted by molar-refractivity contribution is 5.92. The maximum absolute atomic E-state index is 12.3. The minimum atomic E-state index is -0.141. The number of hydrogen-bond donors (Lipinski definition) is 1. The van der Waals surface area contributed by atoms with Gasteiger partial charge in [0.15, 0.2) is 11.5 Å². The molecule has 144 valence electrons. The second kappa shape index (κ2) is 8.76. The summed E-state index contributed by atoms with van der Waals surface area (Å²) in [4.78, 5) is 12.3. The lowest BCUT2D eigenvalue weighted by Crippen LogP contribution is -2.24. The van der Waals surface area contributed by atoms with E-state index in [0.717, 1.165) is 11.1 Å². The predicted molar refractivity (Wildman–Crippen MR) is 110 cm³/mol. The number of carbonyl (C=O) groups excluding carboxylic acids is 1. The number of benzene rings is 2. The van der Waals surface area contributed by atoms with Gasteiger partial charge in [0.2, 0.25) is 5.91 Å². The third-order valence-corrected chi connectivity index (χ3v) is 4.47. The lowest BCUT2D eigenvalue weighted by Gasteiger charge is -2.20. The van der Waals surface area contributed by atoms with Gasteiger partial charge in [-0.2, -0.15) is 0 Å². The fraction of sp³-hybridized carbons (Fsp3) is 0.348. The summed E-state index contributed by atoms with van der Waals surface area (Å²) in [7, 11) is 3.18. The van der Waals surface area contributed by atoms with E-state index < -0.39 is 0 Å². The van der Waals surface area contributed by atoms with E-state index in [1.54, 1.807) is 20.3 Å². The maximum atomic E-state index is 12.3. The molecule has 0 fully saturated rings. The normalized spacial score (nSPS) is 12.7. The van der Waals surface area contributed by atoms with Gasteiger partial charge in [-0.25, -0.2) is 0 Å². The highest BCUT2D eigenvalue weighted by atomic mass is 16.5. The van der Waals surface area contributed by atoms with Crippen LogP contribution in [0.4, 0.5) is 0 Å². The Kier molecular flexibility index (Phi) is 6.67. The molecule has 2 aromatic rings. The molecular formula is C23H29NO3. The van der Waals surface area contributed by atoms with Crippen molar-refractivity contribution < 1.29 is 14.3 Å². The second-order valence-electron chi connectivity index (χ2n) is 7.55. The summed E-state index contributed by atoms with van der Waals surface area (Å²) in [6.07, 6.45) is 3.29. The van der Waals surface area contributed by atoms with Crippen LogP contribution in [0.2, 0.25) is 0 Å². The zero-order chi connectivity index (χ0) is 20.0. The number of ether oxygens (including phenoxy) is 2. The average Bonchev–Trinajstić information content (AvgIpc) is 2.65. The molecule has 0 saturated heterocycles. The molecule has 2 aromatic carbocycles. The first-order chi connectivity index (χ1) is 12.7. The average molecular weight is 367 g/mol. The summed E-state index contributed by atoms with van der Waals surface area (Å²) in [5.41, 5.74) is 3.34. The standard InChI is InChI=1S/C23H29NO3/c1-16(18-9-11-19(12-10-18)23(2,3)4)24-22(25)14-8-17-7-13-20(26-5)21(15-17)27-6/h7-16H,1-6H3,(H,24,25)/b14-8+. The summed E-state index contributed by atoms with van der Waals surface area (Å²) in [6, 6.07) is 13.8. The molecule has 27 heavy (non-hydrogen) atoms. The monoisotopic (exact) mass is 367 g/mol. The van der Waals surface area contributed by atoms with Crippen molar-refractivity contribution in [1.29, 1.82) is 0 Å². The number of amides is 1. The molecule has 0 radical (unpaired) electrons. The highest BCUT2D eigenvalue weighted by Gasteiger charge is 2.14. The maximum Gasteiger partial charge on any atom is 0.244 e. The van der Waals surface area contributed by atoms with E-state index in [1.807, 2.05) is 25.1 Å². The first kappa shape index (κ1) is 20.6. The van der Waals surface area contributed by atoms with Gasteiger partial charge in [0.05, 0.1) is 20.3 Å². The van der Waals surface area contributed by atoms with Gasteiger partial charge in [-0.15, -0.1) is 0 Å². The molecule has 0 aliphatic heterocycles. The minimum Gasteiger partial charge on any atom is -0.493 e. The fourth-order valence-corrected chi connectivity index (χ4v) is 2.75. The van der Waals surface area contributed by atoms with Crippen LogP contribution in [0.5, 0.6) is 11.5 Å². The molecule has 1 N–H and O–H groups in total. The third-order valence-electron chi connectivity index (χ3n) is 4.47. The zero-order valence-electron chi connectivity index (χ0n) is 17.0. The molecule has 1 amide bonds. The molecule has 0 spiro atoms. The molecule has 1 unspecified atom stereocenters. The Bertz CT molecular complexity index is 801. The molecule has 0 heterocycles. The van der Waals surface area contributed by atoms with Crippen molar-refractivity contribution in [2.75, 3.05) is 14.2 Å². The largest absolute Gasteiger partial charge is 0.493 e. The van der Waals surface area contributed by atoms with Gasteiger partial charge in [0.1, 0.15) is 0 Å². The number of nitrogens with one attached hydrogen (secondary N) is 1. The molecule has 0 bridgehead atoms. The van der Waals surface area contributed by atoms with Gasteiger partial charge >= 0.3 is 0 Å². The van der Waals surface area contributed by atoms with Gasteiger partial charge in [0, 0.05) is 6.08 Å². The molecule has 4 heteroatoms. The summed E-state index contributed by atoms with van der Waals surface area (Å²) < 4.78 is 10.5. The highest BCUT2D eigenvalue weighted by Crippen LogP contribution is 2.28. The van der Waals surface area contributed by atoms with Crippen molar-refractivity contribution in [1.82, 2.24) is 5.32 Å². The van der Waals surface area contributed by atoms with E-state index in [1.165, 1.54) is 11.6 Å².